The van der Waals surface area contributed by atoms with Gasteiger partial charge in [0.2, 0.25) is 0 Å². The van der Waals surface area contributed by atoms with Gasteiger partial charge in [-0.3, -0.25) is 0 Å². The molecule has 92 valence electrons. The smallest absolute Gasteiger partial charge is 0.122 e. The van der Waals surface area contributed by atoms with Crippen molar-refractivity contribution in [3.8, 4) is 5.75 Å². The zero-order valence-electron chi connectivity index (χ0n) is 9.70. The first-order valence-corrected chi connectivity index (χ1v) is 6.64. The van der Waals surface area contributed by atoms with Crippen LogP contribution in [0.4, 0.5) is 0 Å². The summed E-state index contributed by atoms with van der Waals surface area (Å²) in [6.45, 7) is 0.705. The Balaban J connectivity index is 1.88. The highest BCUT2D eigenvalue weighted by Gasteiger charge is 2.21. The maximum absolute atomic E-state index is 6.02. The van der Waals surface area contributed by atoms with Gasteiger partial charge in [-0.2, -0.15) is 0 Å². The van der Waals surface area contributed by atoms with Crippen molar-refractivity contribution in [1.82, 2.24) is 0 Å². The predicted octanol–water partition coefficient (Wildman–Crippen LogP) is 4.71. The fourth-order valence-corrected chi connectivity index (χ4v) is 2.63. The van der Waals surface area contributed by atoms with Crippen LogP contribution in [0.15, 0.2) is 42.5 Å². The van der Waals surface area contributed by atoms with Crippen LogP contribution in [0.5, 0.6) is 5.75 Å². The molecule has 0 saturated carbocycles. The van der Waals surface area contributed by atoms with E-state index in [2.05, 4.69) is 12.1 Å². The molecular weight excluding hydrogens is 267 g/mol. The minimum absolute atomic E-state index is 0.369. The monoisotopic (exact) mass is 278 g/mol. The van der Waals surface area contributed by atoms with Crippen molar-refractivity contribution >= 4 is 23.2 Å². The second-order valence-electron chi connectivity index (χ2n) is 4.52. The largest absolute Gasteiger partial charge is 0.493 e. The van der Waals surface area contributed by atoms with Crippen LogP contribution in [-0.4, -0.2) is 6.61 Å². The second-order valence-corrected chi connectivity index (χ2v) is 5.39. The third kappa shape index (κ3) is 2.33. The molecule has 2 aromatic carbocycles. The Bertz CT molecular complexity index is 563. The number of rotatable bonds is 1. The zero-order chi connectivity index (χ0) is 12.5. The summed E-state index contributed by atoms with van der Waals surface area (Å²) in [6.07, 6.45) is 0.956. The van der Waals surface area contributed by atoms with Gasteiger partial charge in [-0.1, -0.05) is 35.3 Å². The Morgan fingerprint density at radius 1 is 0.944 bits per heavy atom. The molecule has 0 radical (unpaired) electrons. The van der Waals surface area contributed by atoms with Crippen LogP contribution in [-0.2, 0) is 6.42 Å². The number of benzene rings is 2. The van der Waals surface area contributed by atoms with Crippen LogP contribution in [0.2, 0.25) is 10.0 Å². The van der Waals surface area contributed by atoms with Crippen molar-refractivity contribution in [3.63, 3.8) is 0 Å². The molecule has 2 aromatic rings. The number of fused-ring (bicyclic) bond motifs is 1. The summed E-state index contributed by atoms with van der Waals surface area (Å²) < 4.78 is 5.78. The lowest BCUT2D eigenvalue weighted by Gasteiger charge is -2.25. The van der Waals surface area contributed by atoms with Crippen LogP contribution < -0.4 is 4.74 Å². The van der Waals surface area contributed by atoms with E-state index >= 15 is 0 Å². The quantitative estimate of drug-likeness (QED) is 0.734. The molecule has 0 N–H and O–H groups in total. The van der Waals surface area contributed by atoms with E-state index in [0.717, 1.165) is 22.2 Å². The molecule has 0 bridgehead atoms. The van der Waals surface area contributed by atoms with Gasteiger partial charge in [-0.15, -0.1) is 0 Å². The summed E-state index contributed by atoms with van der Waals surface area (Å²) in [4.78, 5) is 0. The van der Waals surface area contributed by atoms with Gasteiger partial charge in [0.05, 0.1) is 6.61 Å². The summed E-state index contributed by atoms with van der Waals surface area (Å²) in [6, 6.07) is 13.8. The Hall–Kier alpha value is -1.18. The van der Waals surface area contributed by atoms with Crippen molar-refractivity contribution in [2.45, 2.75) is 12.3 Å². The number of ether oxygens (including phenoxy) is 1. The van der Waals surface area contributed by atoms with Crippen molar-refractivity contribution in [3.05, 3.63) is 63.6 Å². The molecule has 18 heavy (non-hydrogen) atoms. The van der Waals surface area contributed by atoms with Crippen LogP contribution >= 0.6 is 23.2 Å². The van der Waals surface area contributed by atoms with E-state index in [1.54, 1.807) is 0 Å². The third-order valence-corrected chi connectivity index (χ3v) is 3.76. The van der Waals surface area contributed by atoms with Crippen LogP contribution in [0.1, 0.15) is 17.0 Å². The molecule has 3 heteroatoms. The predicted molar refractivity (Wildman–Crippen MR) is 74.8 cm³/mol. The summed E-state index contributed by atoms with van der Waals surface area (Å²) in [5.74, 6) is 1.32. The Kier molecular flexibility index (Phi) is 3.19. The van der Waals surface area contributed by atoms with Gasteiger partial charge in [0.15, 0.2) is 0 Å². The summed E-state index contributed by atoms with van der Waals surface area (Å²) >= 11 is 11.9. The summed E-state index contributed by atoms with van der Waals surface area (Å²) in [5, 5.41) is 1.52. The SMILES string of the molecule is Clc1ccc(C2COc3ccc(Cl)cc3C2)cc1. The third-order valence-electron chi connectivity index (χ3n) is 3.27. The normalized spacial score (nSPS) is 18.0. The number of hydrogen-bond acceptors (Lipinski definition) is 1. The average molecular weight is 279 g/mol. The van der Waals surface area contributed by atoms with E-state index in [9.17, 15) is 0 Å². The van der Waals surface area contributed by atoms with Gasteiger partial charge < -0.3 is 4.74 Å². The first kappa shape index (κ1) is 11.9. The molecule has 1 aliphatic rings. The van der Waals surface area contributed by atoms with Gasteiger partial charge in [0, 0.05) is 16.0 Å². The average Bonchev–Trinajstić information content (AvgIpc) is 2.38. The molecular formula is C15H12Cl2O. The standard InChI is InChI=1S/C15H12Cl2O/c16-13-3-1-10(2-4-13)12-7-11-8-14(17)5-6-15(11)18-9-12/h1-6,8,12H,7,9H2. The van der Waals surface area contributed by atoms with Gasteiger partial charge >= 0.3 is 0 Å². The molecule has 1 unspecified atom stereocenters. The molecule has 1 atom stereocenters. The van der Waals surface area contributed by atoms with E-state index in [1.807, 2.05) is 30.3 Å². The summed E-state index contributed by atoms with van der Waals surface area (Å²) in [7, 11) is 0. The van der Waals surface area contributed by atoms with Crippen LogP contribution in [0.25, 0.3) is 0 Å². The fourth-order valence-electron chi connectivity index (χ4n) is 2.31. The van der Waals surface area contributed by atoms with Crippen molar-refractivity contribution < 1.29 is 4.74 Å². The van der Waals surface area contributed by atoms with E-state index in [4.69, 9.17) is 27.9 Å². The second kappa shape index (κ2) is 4.83. The highest BCUT2D eigenvalue weighted by atomic mass is 35.5. The number of halogens is 2. The van der Waals surface area contributed by atoms with Gasteiger partial charge in [0.1, 0.15) is 5.75 Å². The van der Waals surface area contributed by atoms with E-state index in [1.165, 1.54) is 11.1 Å². The van der Waals surface area contributed by atoms with Crippen LogP contribution in [0, 0.1) is 0 Å². The molecule has 0 aromatic heterocycles. The fraction of sp³-hybridized carbons (Fsp3) is 0.200. The Labute approximate surface area is 116 Å². The molecule has 0 fully saturated rings. The van der Waals surface area contributed by atoms with Gasteiger partial charge in [-0.05, 0) is 47.9 Å². The molecule has 0 amide bonds. The molecule has 0 saturated heterocycles. The lowest BCUT2D eigenvalue weighted by Crippen LogP contribution is -2.19. The molecule has 3 rings (SSSR count). The molecule has 1 nitrogen and oxygen atoms in total. The lowest BCUT2D eigenvalue weighted by molar-refractivity contribution is 0.262. The molecule has 1 aliphatic heterocycles. The zero-order valence-corrected chi connectivity index (χ0v) is 11.2. The maximum Gasteiger partial charge on any atom is 0.122 e. The van der Waals surface area contributed by atoms with Gasteiger partial charge in [-0.25, -0.2) is 0 Å². The lowest BCUT2D eigenvalue weighted by atomic mass is 9.90. The first-order chi connectivity index (χ1) is 8.72. The highest BCUT2D eigenvalue weighted by Crippen LogP contribution is 2.34. The van der Waals surface area contributed by atoms with Gasteiger partial charge in [0.25, 0.3) is 0 Å². The number of hydrogen-bond donors (Lipinski definition) is 0. The van der Waals surface area contributed by atoms with E-state index in [-0.39, 0.29) is 0 Å². The van der Waals surface area contributed by atoms with Crippen LogP contribution in [0.3, 0.4) is 0 Å². The van der Waals surface area contributed by atoms with Crippen molar-refractivity contribution in [2.75, 3.05) is 6.61 Å². The van der Waals surface area contributed by atoms with Crippen molar-refractivity contribution in [2.24, 2.45) is 0 Å². The Morgan fingerprint density at radius 3 is 2.44 bits per heavy atom. The summed E-state index contributed by atoms with van der Waals surface area (Å²) in [5.41, 5.74) is 2.43. The topological polar surface area (TPSA) is 9.23 Å². The first-order valence-electron chi connectivity index (χ1n) is 5.89. The van der Waals surface area contributed by atoms with E-state index in [0.29, 0.717) is 12.5 Å². The minimum Gasteiger partial charge on any atom is -0.493 e. The maximum atomic E-state index is 6.02. The Morgan fingerprint density at radius 2 is 1.67 bits per heavy atom. The molecule has 0 aliphatic carbocycles. The highest BCUT2D eigenvalue weighted by molar-refractivity contribution is 6.30. The minimum atomic E-state index is 0.369. The molecule has 1 heterocycles. The van der Waals surface area contributed by atoms with Crippen molar-refractivity contribution in [1.29, 1.82) is 0 Å². The van der Waals surface area contributed by atoms with E-state index < -0.39 is 0 Å². The molecule has 0 spiro atoms.